The Morgan fingerprint density at radius 2 is 1.86 bits per heavy atom. The second-order valence-corrected chi connectivity index (χ2v) is 4.21. The quantitative estimate of drug-likeness (QED) is 0.316. The summed E-state index contributed by atoms with van der Waals surface area (Å²) in [5.41, 5.74) is 6.52. The zero-order valence-electron chi connectivity index (χ0n) is 11.5. The summed E-state index contributed by atoms with van der Waals surface area (Å²) in [6.45, 7) is 0.158. The monoisotopic (exact) mass is 290 g/mol. The summed E-state index contributed by atoms with van der Waals surface area (Å²) in [4.78, 5) is 13.5. The molecule has 0 saturated carbocycles. The molecule has 1 aromatic rings. The van der Waals surface area contributed by atoms with Crippen LogP contribution in [0.5, 0.6) is 0 Å². The number of benzene rings is 1. The topological polar surface area (TPSA) is 123 Å². The third-order valence-electron chi connectivity index (χ3n) is 2.62. The highest BCUT2D eigenvalue weighted by Gasteiger charge is 2.11. The first kappa shape index (κ1) is 16.5. The van der Waals surface area contributed by atoms with E-state index in [0.29, 0.717) is 11.4 Å². The normalized spacial score (nSPS) is 10.8. The van der Waals surface area contributed by atoms with Crippen LogP contribution in [0.1, 0.15) is 0 Å². The van der Waals surface area contributed by atoms with Gasteiger partial charge in [0.2, 0.25) is 0 Å². The van der Waals surface area contributed by atoms with Gasteiger partial charge in [0.15, 0.2) is 0 Å². The molecular weight excluding hydrogens is 272 g/mol. The molecular formula is C14H18N4O3. The SMILES string of the molecule is N#C/C(=C/N(CCO)CCO)C(=O)Nc1ccc(N)cc1. The van der Waals surface area contributed by atoms with Crippen LogP contribution in [0.4, 0.5) is 11.4 Å². The van der Waals surface area contributed by atoms with Crippen LogP contribution in [0.25, 0.3) is 0 Å². The van der Waals surface area contributed by atoms with E-state index in [-0.39, 0.29) is 31.9 Å². The van der Waals surface area contributed by atoms with Crippen LogP contribution >= 0.6 is 0 Å². The smallest absolute Gasteiger partial charge is 0.267 e. The number of hydrogen-bond acceptors (Lipinski definition) is 6. The van der Waals surface area contributed by atoms with Crippen molar-refractivity contribution in [2.24, 2.45) is 0 Å². The fraction of sp³-hybridized carbons (Fsp3) is 0.286. The van der Waals surface area contributed by atoms with Gasteiger partial charge < -0.3 is 26.2 Å². The van der Waals surface area contributed by atoms with Crippen LogP contribution in [0, 0.1) is 11.3 Å². The summed E-state index contributed by atoms with van der Waals surface area (Å²) < 4.78 is 0. The number of anilines is 2. The van der Waals surface area contributed by atoms with Crippen molar-refractivity contribution in [3.63, 3.8) is 0 Å². The van der Waals surface area contributed by atoms with Crippen molar-refractivity contribution in [1.82, 2.24) is 4.90 Å². The summed E-state index contributed by atoms with van der Waals surface area (Å²) in [7, 11) is 0. The maximum Gasteiger partial charge on any atom is 0.267 e. The Kier molecular flexibility index (Phi) is 6.74. The van der Waals surface area contributed by atoms with E-state index in [0.717, 1.165) is 0 Å². The number of carbonyl (C=O) groups is 1. The van der Waals surface area contributed by atoms with E-state index in [2.05, 4.69) is 5.32 Å². The van der Waals surface area contributed by atoms with Crippen molar-refractivity contribution in [3.8, 4) is 6.07 Å². The lowest BCUT2D eigenvalue weighted by Gasteiger charge is -2.18. The van der Waals surface area contributed by atoms with E-state index in [1.807, 2.05) is 0 Å². The minimum absolute atomic E-state index is 0.117. The number of carbonyl (C=O) groups excluding carboxylic acids is 1. The molecule has 0 aliphatic heterocycles. The van der Waals surface area contributed by atoms with Gasteiger partial charge in [-0.15, -0.1) is 0 Å². The molecule has 5 N–H and O–H groups in total. The molecule has 0 aromatic heterocycles. The molecule has 0 radical (unpaired) electrons. The van der Waals surface area contributed by atoms with Gasteiger partial charge in [0, 0.05) is 30.7 Å². The largest absolute Gasteiger partial charge is 0.399 e. The van der Waals surface area contributed by atoms with Gasteiger partial charge in [-0.1, -0.05) is 0 Å². The molecule has 21 heavy (non-hydrogen) atoms. The molecule has 0 spiro atoms. The van der Waals surface area contributed by atoms with E-state index in [9.17, 15) is 4.79 Å². The van der Waals surface area contributed by atoms with Crippen molar-refractivity contribution >= 4 is 17.3 Å². The number of nitrogens with two attached hydrogens (primary N) is 1. The average molecular weight is 290 g/mol. The molecule has 1 amide bonds. The Labute approximate surface area is 122 Å². The average Bonchev–Trinajstić information content (AvgIpc) is 2.47. The van der Waals surface area contributed by atoms with Gasteiger partial charge in [-0.05, 0) is 24.3 Å². The Hall–Kier alpha value is -2.56. The first-order chi connectivity index (χ1) is 10.1. The molecule has 0 atom stereocenters. The third-order valence-corrected chi connectivity index (χ3v) is 2.62. The van der Waals surface area contributed by atoms with Gasteiger partial charge in [-0.25, -0.2) is 0 Å². The first-order valence-electron chi connectivity index (χ1n) is 6.35. The highest BCUT2D eigenvalue weighted by molar-refractivity contribution is 6.06. The molecule has 0 saturated heterocycles. The zero-order chi connectivity index (χ0) is 15.7. The van der Waals surface area contributed by atoms with Crippen LogP contribution in [0.3, 0.4) is 0 Å². The second kappa shape index (κ2) is 8.58. The first-order valence-corrected chi connectivity index (χ1v) is 6.35. The number of nitrogens with one attached hydrogen (secondary N) is 1. The van der Waals surface area contributed by atoms with Crippen LogP contribution < -0.4 is 11.1 Å². The molecule has 7 nitrogen and oxygen atoms in total. The van der Waals surface area contributed by atoms with Crippen molar-refractivity contribution < 1.29 is 15.0 Å². The van der Waals surface area contributed by atoms with E-state index in [4.69, 9.17) is 21.2 Å². The van der Waals surface area contributed by atoms with E-state index < -0.39 is 5.91 Å². The lowest BCUT2D eigenvalue weighted by Crippen LogP contribution is -2.26. The molecule has 1 rings (SSSR count). The summed E-state index contributed by atoms with van der Waals surface area (Å²) in [6, 6.07) is 8.32. The molecule has 1 aromatic carbocycles. The van der Waals surface area contributed by atoms with Gasteiger partial charge in [-0.3, -0.25) is 4.79 Å². The number of aliphatic hydroxyl groups excluding tert-OH is 2. The minimum Gasteiger partial charge on any atom is -0.399 e. The van der Waals surface area contributed by atoms with Gasteiger partial charge in [0.25, 0.3) is 5.91 Å². The van der Waals surface area contributed by atoms with Crippen molar-refractivity contribution in [2.45, 2.75) is 0 Å². The fourth-order valence-corrected chi connectivity index (χ4v) is 1.58. The molecule has 0 bridgehead atoms. The number of nitrogens with zero attached hydrogens (tertiary/aromatic N) is 2. The minimum atomic E-state index is -0.567. The predicted molar refractivity (Wildman–Crippen MR) is 78.9 cm³/mol. The van der Waals surface area contributed by atoms with Crippen LogP contribution in [0.2, 0.25) is 0 Å². The Balaban J connectivity index is 2.80. The van der Waals surface area contributed by atoms with Crippen molar-refractivity contribution in [2.75, 3.05) is 37.4 Å². The maximum atomic E-state index is 12.0. The molecule has 0 aliphatic rings. The summed E-state index contributed by atoms with van der Waals surface area (Å²) in [5, 5.41) is 29.4. The summed E-state index contributed by atoms with van der Waals surface area (Å²) >= 11 is 0. The van der Waals surface area contributed by atoms with E-state index >= 15 is 0 Å². The lowest BCUT2D eigenvalue weighted by atomic mass is 10.2. The molecule has 112 valence electrons. The fourth-order valence-electron chi connectivity index (χ4n) is 1.58. The second-order valence-electron chi connectivity index (χ2n) is 4.21. The number of hydrogen-bond donors (Lipinski definition) is 4. The predicted octanol–water partition coefficient (Wildman–Crippen LogP) is -0.0986. The van der Waals surface area contributed by atoms with Gasteiger partial charge >= 0.3 is 0 Å². The molecule has 0 fully saturated rings. The van der Waals surface area contributed by atoms with Crippen LogP contribution in [-0.4, -0.2) is 47.3 Å². The van der Waals surface area contributed by atoms with Crippen LogP contribution in [0.15, 0.2) is 36.0 Å². The highest BCUT2D eigenvalue weighted by atomic mass is 16.3. The molecule has 0 unspecified atom stereocenters. The number of aliphatic hydroxyl groups is 2. The van der Waals surface area contributed by atoms with Crippen molar-refractivity contribution in [3.05, 3.63) is 36.0 Å². The Morgan fingerprint density at radius 3 is 2.33 bits per heavy atom. The molecule has 0 heterocycles. The van der Waals surface area contributed by atoms with Crippen LogP contribution in [-0.2, 0) is 4.79 Å². The third kappa shape index (κ3) is 5.52. The van der Waals surface area contributed by atoms with Gasteiger partial charge in [-0.2, -0.15) is 5.26 Å². The standard InChI is InChI=1S/C14H18N4O3/c15-9-11(10-18(5-7-19)6-8-20)14(21)17-13-3-1-12(16)2-4-13/h1-4,10,19-20H,5-8,16H2,(H,17,21)/b11-10-. The summed E-state index contributed by atoms with van der Waals surface area (Å²) in [6.07, 6.45) is 1.32. The zero-order valence-corrected chi connectivity index (χ0v) is 11.5. The lowest BCUT2D eigenvalue weighted by molar-refractivity contribution is -0.112. The highest BCUT2D eigenvalue weighted by Crippen LogP contribution is 2.11. The Morgan fingerprint density at radius 1 is 1.29 bits per heavy atom. The van der Waals surface area contributed by atoms with E-state index in [1.54, 1.807) is 30.3 Å². The van der Waals surface area contributed by atoms with Gasteiger partial charge in [0.05, 0.1) is 13.2 Å². The summed E-state index contributed by atoms with van der Waals surface area (Å²) in [5.74, 6) is -0.567. The van der Waals surface area contributed by atoms with Crippen molar-refractivity contribution in [1.29, 1.82) is 5.26 Å². The number of nitriles is 1. The number of rotatable bonds is 7. The molecule has 7 heteroatoms. The molecule has 0 aliphatic carbocycles. The number of amides is 1. The van der Waals surface area contributed by atoms with Gasteiger partial charge in [0.1, 0.15) is 11.6 Å². The Bertz CT molecular complexity index is 528. The number of nitrogen functional groups attached to an aromatic ring is 1. The maximum absolute atomic E-state index is 12.0. The van der Waals surface area contributed by atoms with E-state index in [1.165, 1.54) is 11.1 Å².